The van der Waals surface area contributed by atoms with Crippen molar-refractivity contribution in [2.75, 3.05) is 18.0 Å². The van der Waals surface area contributed by atoms with Crippen LogP contribution in [-0.2, 0) is 17.8 Å². The number of halogens is 1. The summed E-state index contributed by atoms with van der Waals surface area (Å²) in [6, 6.07) is 42.2. The minimum Gasteiger partial charge on any atom is -0.372 e. The van der Waals surface area contributed by atoms with Crippen LogP contribution in [0.3, 0.4) is 0 Å². The Morgan fingerprint density at radius 2 is 1.33 bits per heavy atom. The maximum Gasteiger partial charge on any atom is 0.228 e. The number of hydrogen-bond acceptors (Lipinski definition) is 3. The molecule has 1 aliphatic heterocycles. The maximum atomic E-state index is 13.5. The molecular formula is C40H37FN2O2. The van der Waals surface area contributed by atoms with Crippen LogP contribution >= 0.6 is 0 Å². The first-order valence-corrected chi connectivity index (χ1v) is 15.6. The van der Waals surface area contributed by atoms with Crippen LogP contribution in [0.1, 0.15) is 45.8 Å². The Kier molecular flexibility index (Phi) is 9.45. The molecule has 5 aromatic rings. The molecule has 0 radical (unpaired) electrons. The lowest BCUT2D eigenvalue weighted by atomic mass is 9.79. The molecule has 0 bridgehead atoms. The van der Waals surface area contributed by atoms with Gasteiger partial charge >= 0.3 is 0 Å². The molecule has 5 aromatic carbocycles. The number of anilines is 1. The molecule has 226 valence electrons. The Morgan fingerprint density at radius 1 is 0.711 bits per heavy atom. The minimum atomic E-state index is -0.299. The fourth-order valence-electron chi connectivity index (χ4n) is 6.40. The highest BCUT2D eigenvalue weighted by Crippen LogP contribution is 2.35. The van der Waals surface area contributed by atoms with Gasteiger partial charge in [0.05, 0.1) is 5.92 Å². The van der Waals surface area contributed by atoms with Gasteiger partial charge in [0.1, 0.15) is 5.82 Å². The van der Waals surface area contributed by atoms with Crippen molar-refractivity contribution in [3.05, 3.63) is 162 Å². The zero-order valence-electron chi connectivity index (χ0n) is 25.2. The van der Waals surface area contributed by atoms with Gasteiger partial charge in [0.25, 0.3) is 0 Å². The molecule has 0 aromatic heterocycles. The van der Waals surface area contributed by atoms with Gasteiger partial charge in [0.15, 0.2) is 5.78 Å². The van der Waals surface area contributed by atoms with E-state index in [1.807, 2.05) is 84.9 Å². The average molecular weight is 597 g/mol. The number of rotatable bonds is 10. The van der Waals surface area contributed by atoms with Crippen LogP contribution in [0.25, 0.3) is 11.1 Å². The lowest BCUT2D eigenvalue weighted by Gasteiger charge is -2.37. The Morgan fingerprint density at radius 3 is 2.02 bits per heavy atom. The summed E-state index contributed by atoms with van der Waals surface area (Å²) >= 11 is 0. The zero-order chi connectivity index (χ0) is 31.0. The summed E-state index contributed by atoms with van der Waals surface area (Å²) in [7, 11) is 0. The SMILES string of the molecule is O=C(Cc1ccc(N2CCC(C(C(=O)NCc3ccccc3)c3ccccc3)CC2)cc1)c1ccccc1-c1ccc(F)cc1. The van der Waals surface area contributed by atoms with Crippen molar-refractivity contribution in [3.8, 4) is 11.1 Å². The third-order valence-corrected chi connectivity index (χ3v) is 8.81. The van der Waals surface area contributed by atoms with Gasteiger partial charge in [-0.25, -0.2) is 4.39 Å². The molecule has 0 aliphatic carbocycles. The van der Waals surface area contributed by atoms with Gasteiger partial charge in [0.2, 0.25) is 5.91 Å². The average Bonchev–Trinajstić information content (AvgIpc) is 3.09. The fourth-order valence-corrected chi connectivity index (χ4v) is 6.40. The topological polar surface area (TPSA) is 49.4 Å². The van der Waals surface area contributed by atoms with E-state index in [0.29, 0.717) is 12.1 Å². The second-order valence-electron chi connectivity index (χ2n) is 11.7. The van der Waals surface area contributed by atoms with Crippen LogP contribution in [0.2, 0.25) is 0 Å². The molecule has 6 rings (SSSR count). The zero-order valence-corrected chi connectivity index (χ0v) is 25.2. The third kappa shape index (κ3) is 7.38. The highest BCUT2D eigenvalue weighted by atomic mass is 19.1. The predicted molar refractivity (Wildman–Crippen MR) is 179 cm³/mol. The number of hydrogen-bond donors (Lipinski definition) is 1. The van der Waals surface area contributed by atoms with E-state index in [4.69, 9.17) is 0 Å². The molecule has 1 atom stereocenters. The molecule has 1 fully saturated rings. The van der Waals surface area contributed by atoms with Gasteiger partial charge in [-0.3, -0.25) is 9.59 Å². The monoisotopic (exact) mass is 596 g/mol. The number of benzene rings is 5. The van der Waals surface area contributed by atoms with Gasteiger partial charge in [0, 0.05) is 37.3 Å². The molecule has 5 heteroatoms. The number of nitrogens with one attached hydrogen (secondary N) is 1. The summed E-state index contributed by atoms with van der Waals surface area (Å²) in [6.07, 6.45) is 2.12. The lowest BCUT2D eigenvalue weighted by molar-refractivity contribution is -0.124. The van der Waals surface area contributed by atoms with Crippen LogP contribution in [0.5, 0.6) is 0 Å². The van der Waals surface area contributed by atoms with Crippen LogP contribution in [0, 0.1) is 11.7 Å². The number of carbonyl (C=O) groups excluding carboxylic acids is 2. The van der Waals surface area contributed by atoms with Crippen molar-refractivity contribution in [1.82, 2.24) is 5.32 Å². The summed E-state index contributed by atoms with van der Waals surface area (Å²) in [4.78, 5) is 29.3. The van der Waals surface area contributed by atoms with Crippen LogP contribution < -0.4 is 10.2 Å². The first kappa shape index (κ1) is 30.0. The fraction of sp³-hybridized carbons (Fsp3) is 0.200. The van der Waals surface area contributed by atoms with E-state index in [9.17, 15) is 14.0 Å². The first-order chi connectivity index (χ1) is 22.0. The second-order valence-corrected chi connectivity index (χ2v) is 11.7. The minimum absolute atomic E-state index is 0.0287. The standard InChI is InChI=1S/C40H37FN2O2/c41-34-19-17-31(18-20-34)36-13-7-8-14-37(36)38(44)27-29-15-21-35(22-16-29)43-25-23-33(24-26-43)39(32-11-5-2-6-12-32)40(45)42-28-30-9-3-1-4-10-30/h1-22,33,39H,23-28H2,(H,42,45). The van der Waals surface area contributed by atoms with E-state index in [-0.39, 0.29) is 35.8 Å². The molecule has 1 aliphatic rings. The largest absolute Gasteiger partial charge is 0.372 e. The number of amides is 1. The van der Waals surface area contributed by atoms with Gasteiger partial charge in [-0.15, -0.1) is 0 Å². The van der Waals surface area contributed by atoms with Gasteiger partial charge in [-0.1, -0.05) is 109 Å². The first-order valence-electron chi connectivity index (χ1n) is 15.6. The smallest absolute Gasteiger partial charge is 0.228 e. The van der Waals surface area contributed by atoms with E-state index < -0.39 is 0 Å². The van der Waals surface area contributed by atoms with Crippen LogP contribution in [0.15, 0.2) is 133 Å². The van der Waals surface area contributed by atoms with E-state index in [2.05, 4.69) is 34.5 Å². The van der Waals surface area contributed by atoms with Gasteiger partial charge in [-0.05, 0) is 70.8 Å². The number of carbonyl (C=O) groups is 2. The second kappa shape index (κ2) is 14.2. The Labute approximate surface area is 264 Å². The summed E-state index contributed by atoms with van der Waals surface area (Å²) in [5.41, 5.74) is 6.50. The van der Waals surface area contributed by atoms with Crippen molar-refractivity contribution >= 4 is 17.4 Å². The van der Waals surface area contributed by atoms with E-state index in [0.717, 1.165) is 59.4 Å². The molecule has 1 saturated heterocycles. The number of Topliss-reactive ketones (excluding diaryl/α,β-unsaturated/α-hetero) is 1. The predicted octanol–water partition coefficient (Wildman–Crippen LogP) is 8.23. The van der Waals surface area contributed by atoms with Crippen molar-refractivity contribution in [2.24, 2.45) is 5.92 Å². The normalized spacial score (nSPS) is 14.1. The van der Waals surface area contributed by atoms with Crippen LogP contribution in [-0.4, -0.2) is 24.8 Å². The maximum absolute atomic E-state index is 13.5. The van der Waals surface area contributed by atoms with E-state index in [1.165, 1.54) is 12.1 Å². The molecule has 0 saturated carbocycles. The lowest BCUT2D eigenvalue weighted by Crippen LogP contribution is -2.40. The molecule has 1 amide bonds. The van der Waals surface area contributed by atoms with Crippen LogP contribution in [0.4, 0.5) is 10.1 Å². The third-order valence-electron chi connectivity index (χ3n) is 8.81. The van der Waals surface area contributed by atoms with Crippen molar-refractivity contribution in [2.45, 2.75) is 31.7 Å². The summed E-state index contributed by atoms with van der Waals surface area (Å²) < 4.78 is 13.5. The summed E-state index contributed by atoms with van der Waals surface area (Å²) in [5, 5.41) is 3.19. The van der Waals surface area contributed by atoms with Crippen molar-refractivity contribution < 1.29 is 14.0 Å². The Bertz CT molecular complexity index is 1710. The van der Waals surface area contributed by atoms with Crippen molar-refractivity contribution in [3.63, 3.8) is 0 Å². The van der Waals surface area contributed by atoms with E-state index >= 15 is 0 Å². The number of piperidine rings is 1. The van der Waals surface area contributed by atoms with E-state index in [1.54, 1.807) is 12.1 Å². The Balaban J connectivity index is 1.09. The van der Waals surface area contributed by atoms with Crippen molar-refractivity contribution in [1.29, 1.82) is 0 Å². The number of nitrogens with zero attached hydrogens (tertiary/aromatic N) is 1. The molecule has 0 spiro atoms. The molecule has 1 heterocycles. The quantitative estimate of drug-likeness (QED) is 0.165. The molecular weight excluding hydrogens is 559 g/mol. The Hall–Kier alpha value is -5.03. The molecule has 45 heavy (non-hydrogen) atoms. The van der Waals surface area contributed by atoms with Gasteiger partial charge in [-0.2, -0.15) is 0 Å². The molecule has 1 unspecified atom stereocenters. The highest BCUT2D eigenvalue weighted by molar-refractivity contribution is 6.03. The molecule has 1 N–H and O–H groups in total. The summed E-state index contributed by atoms with van der Waals surface area (Å²) in [6.45, 7) is 2.25. The molecule has 4 nitrogen and oxygen atoms in total. The van der Waals surface area contributed by atoms with Gasteiger partial charge < -0.3 is 10.2 Å². The number of ketones is 1. The highest BCUT2D eigenvalue weighted by Gasteiger charge is 2.32. The summed E-state index contributed by atoms with van der Waals surface area (Å²) in [5.74, 6) is -0.132.